The lowest BCUT2D eigenvalue weighted by atomic mass is 10.1. The van der Waals surface area contributed by atoms with Crippen molar-refractivity contribution in [3.63, 3.8) is 0 Å². The van der Waals surface area contributed by atoms with Crippen LogP contribution in [0.2, 0.25) is 5.02 Å². The summed E-state index contributed by atoms with van der Waals surface area (Å²) in [6, 6.07) is 16.3. The monoisotopic (exact) mass is 430 g/mol. The molecule has 6 heteroatoms. The average Bonchev–Trinajstić information content (AvgIpc) is 2.75. The Morgan fingerprint density at radius 1 is 1.07 bits per heavy atom. The number of hydrogen-bond donors (Lipinski definition) is 1. The first-order chi connectivity index (χ1) is 14.4. The van der Waals surface area contributed by atoms with Crippen LogP contribution < -0.4 is 10.1 Å². The summed E-state index contributed by atoms with van der Waals surface area (Å²) in [7, 11) is 0. The SMILES string of the molecule is CC[C@@H](C(=O)NCC(C)C)N(CCc1ccccc1)C(=O)COc1ccc(Cl)cc1. The van der Waals surface area contributed by atoms with E-state index in [-0.39, 0.29) is 18.4 Å². The zero-order valence-corrected chi connectivity index (χ0v) is 18.7. The van der Waals surface area contributed by atoms with Crippen molar-refractivity contribution in [3.05, 3.63) is 65.2 Å². The van der Waals surface area contributed by atoms with Gasteiger partial charge in [0.1, 0.15) is 11.8 Å². The normalized spacial score (nSPS) is 11.8. The topological polar surface area (TPSA) is 58.6 Å². The quantitative estimate of drug-likeness (QED) is 0.576. The number of ether oxygens (including phenoxy) is 1. The van der Waals surface area contributed by atoms with Crippen LogP contribution in [0.1, 0.15) is 32.8 Å². The van der Waals surface area contributed by atoms with E-state index in [2.05, 4.69) is 5.32 Å². The summed E-state index contributed by atoms with van der Waals surface area (Å²) in [6.07, 6.45) is 1.20. The van der Waals surface area contributed by atoms with Crippen molar-refractivity contribution in [1.29, 1.82) is 0 Å². The molecule has 0 saturated carbocycles. The van der Waals surface area contributed by atoms with Crippen LogP contribution in [0, 0.1) is 5.92 Å². The number of nitrogens with one attached hydrogen (secondary N) is 1. The Hall–Kier alpha value is -2.53. The first kappa shape index (κ1) is 23.7. The second-order valence-corrected chi connectivity index (χ2v) is 8.06. The summed E-state index contributed by atoms with van der Waals surface area (Å²) >= 11 is 5.90. The van der Waals surface area contributed by atoms with Crippen molar-refractivity contribution in [3.8, 4) is 5.75 Å². The Morgan fingerprint density at radius 3 is 2.33 bits per heavy atom. The second kappa shape index (κ2) is 12.2. The molecule has 2 amide bonds. The highest BCUT2D eigenvalue weighted by Crippen LogP contribution is 2.16. The van der Waals surface area contributed by atoms with Crippen LogP contribution in [0.3, 0.4) is 0 Å². The first-order valence-corrected chi connectivity index (χ1v) is 10.8. The van der Waals surface area contributed by atoms with E-state index in [1.807, 2.05) is 51.1 Å². The lowest BCUT2D eigenvalue weighted by Crippen LogP contribution is -2.51. The number of carbonyl (C=O) groups is 2. The summed E-state index contributed by atoms with van der Waals surface area (Å²) in [5, 5.41) is 3.56. The van der Waals surface area contributed by atoms with E-state index in [0.717, 1.165) is 5.56 Å². The Morgan fingerprint density at radius 2 is 1.73 bits per heavy atom. The number of hydrogen-bond acceptors (Lipinski definition) is 3. The smallest absolute Gasteiger partial charge is 0.261 e. The van der Waals surface area contributed by atoms with Gasteiger partial charge in [0.05, 0.1) is 0 Å². The molecular weight excluding hydrogens is 400 g/mol. The number of halogens is 1. The van der Waals surface area contributed by atoms with Crippen LogP contribution in [0.5, 0.6) is 5.75 Å². The van der Waals surface area contributed by atoms with Crippen LogP contribution >= 0.6 is 11.6 Å². The number of nitrogens with zero attached hydrogens (tertiary/aromatic N) is 1. The van der Waals surface area contributed by atoms with Crippen LogP contribution in [-0.2, 0) is 16.0 Å². The second-order valence-electron chi connectivity index (χ2n) is 7.63. The third kappa shape index (κ3) is 7.71. The molecule has 0 unspecified atom stereocenters. The van der Waals surface area contributed by atoms with Crippen molar-refractivity contribution < 1.29 is 14.3 Å². The fourth-order valence-corrected chi connectivity index (χ4v) is 3.20. The third-order valence-electron chi connectivity index (χ3n) is 4.73. The molecule has 1 atom stereocenters. The van der Waals surface area contributed by atoms with Gasteiger partial charge in [0.25, 0.3) is 5.91 Å². The molecule has 0 saturated heterocycles. The van der Waals surface area contributed by atoms with E-state index >= 15 is 0 Å². The zero-order chi connectivity index (χ0) is 21.9. The molecule has 0 aliphatic heterocycles. The predicted octanol–water partition coefficient (Wildman–Crippen LogP) is 4.34. The minimum absolute atomic E-state index is 0.126. The van der Waals surface area contributed by atoms with Gasteiger partial charge in [0, 0.05) is 18.1 Å². The maximum atomic E-state index is 13.0. The summed E-state index contributed by atoms with van der Waals surface area (Å²) < 4.78 is 5.65. The molecule has 0 heterocycles. The summed E-state index contributed by atoms with van der Waals surface area (Å²) in [6.45, 7) is 6.89. The van der Waals surface area contributed by atoms with Crippen LogP contribution in [0.15, 0.2) is 54.6 Å². The molecule has 2 aromatic rings. The number of rotatable bonds is 11. The molecule has 0 aliphatic rings. The Balaban J connectivity index is 2.09. The van der Waals surface area contributed by atoms with Crippen LogP contribution in [0.4, 0.5) is 0 Å². The molecule has 0 spiro atoms. The highest BCUT2D eigenvalue weighted by atomic mass is 35.5. The standard InChI is InChI=1S/C24H31ClN2O3/c1-4-22(24(29)26-16-18(2)3)27(15-14-19-8-6-5-7-9-19)23(28)17-30-21-12-10-20(25)11-13-21/h5-13,18,22H,4,14-17H2,1-3H3,(H,26,29)/t22-/m0/s1. The van der Waals surface area contributed by atoms with Gasteiger partial charge in [-0.15, -0.1) is 0 Å². The van der Waals surface area contributed by atoms with Crippen molar-refractivity contribution in [2.45, 2.75) is 39.7 Å². The molecule has 162 valence electrons. The van der Waals surface area contributed by atoms with E-state index in [1.165, 1.54) is 0 Å². The minimum Gasteiger partial charge on any atom is -0.484 e. The lowest BCUT2D eigenvalue weighted by Gasteiger charge is -2.30. The van der Waals surface area contributed by atoms with Gasteiger partial charge in [-0.05, 0) is 48.6 Å². The minimum atomic E-state index is -0.534. The van der Waals surface area contributed by atoms with E-state index in [0.29, 0.717) is 42.6 Å². The van der Waals surface area contributed by atoms with E-state index < -0.39 is 6.04 Å². The maximum Gasteiger partial charge on any atom is 0.261 e. The van der Waals surface area contributed by atoms with Crippen molar-refractivity contribution in [1.82, 2.24) is 10.2 Å². The Labute approximate surface area is 184 Å². The van der Waals surface area contributed by atoms with Crippen molar-refractivity contribution >= 4 is 23.4 Å². The van der Waals surface area contributed by atoms with Crippen molar-refractivity contribution in [2.24, 2.45) is 5.92 Å². The zero-order valence-electron chi connectivity index (χ0n) is 17.9. The average molecular weight is 431 g/mol. The highest BCUT2D eigenvalue weighted by Gasteiger charge is 2.28. The molecule has 2 rings (SSSR count). The summed E-state index contributed by atoms with van der Waals surface area (Å²) in [4.78, 5) is 27.5. The van der Waals surface area contributed by atoms with Gasteiger partial charge in [-0.2, -0.15) is 0 Å². The molecule has 0 bridgehead atoms. The molecule has 2 aromatic carbocycles. The largest absolute Gasteiger partial charge is 0.484 e. The van der Waals surface area contributed by atoms with E-state index in [9.17, 15) is 9.59 Å². The molecule has 0 aromatic heterocycles. The molecule has 0 radical (unpaired) electrons. The first-order valence-electron chi connectivity index (χ1n) is 10.4. The van der Waals surface area contributed by atoms with Crippen LogP contribution in [-0.4, -0.2) is 42.5 Å². The summed E-state index contributed by atoms with van der Waals surface area (Å²) in [5.41, 5.74) is 1.12. The third-order valence-corrected chi connectivity index (χ3v) is 4.98. The van der Waals surface area contributed by atoms with E-state index in [1.54, 1.807) is 29.2 Å². The lowest BCUT2D eigenvalue weighted by molar-refractivity contribution is -0.142. The maximum absolute atomic E-state index is 13.0. The van der Waals surface area contributed by atoms with Gasteiger partial charge in [-0.25, -0.2) is 0 Å². The number of benzene rings is 2. The number of amides is 2. The molecule has 30 heavy (non-hydrogen) atoms. The molecule has 0 aliphatic carbocycles. The van der Waals surface area contributed by atoms with E-state index in [4.69, 9.17) is 16.3 Å². The van der Waals surface area contributed by atoms with Gasteiger partial charge in [-0.3, -0.25) is 9.59 Å². The van der Waals surface area contributed by atoms with Gasteiger partial charge in [0.2, 0.25) is 5.91 Å². The molecule has 5 nitrogen and oxygen atoms in total. The van der Waals surface area contributed by atoms with Gasteiger partial charge in [-0.1, -0.05) is 62.7 Å². The van der Waals surface area contributed by atoms with Crippen LogP contribution in [0.25, 0.3) is 0 Å². The Kier molecular flexibility index (Phi) is 9.68. The van der Waals surface area contributed by atoms with Crippen molar-refractivity contribution in [2.75, 3.05) is 19.7 Å². The summed E-state index contributed by atoms with van der Waals surface area (Å²) in [5.74, 6) is 0.563. The predicted molar refractivity (Wildman–Crippen MR) is 121 cm³/mol. The van der Waals surface area contributed by atoms with Gasteiger partial charge >= 0.3 is 0 Å². The molecule has 0 fully saturated rings. The molecule has 1 N–H and O–H groups in total. The van der Waals surface area contributed by atoms with Gasteiger partial charge < -0.3 is 15.0 Å². The molecular formula is C24H31ClN2O3. The Bertz CT molecular complexity index is 794. The number of carbonyl (C=O) groups excluding carboxylic acids is 2. The fraction of sp³-hybridized carbons (Fsp3) is 0.417. The highest BCUT2D eigenvalue weighted by molar-refractivity contribution is 6.30. The van der Waals surface area contributed by atoms with Gasteiger partial charge in [0.15, 0.2) is 6.61 Å². The fourth-order valence-electron chi connectivity index (χ4n) is 3.08.